The van der Waals surface area contributed by atoms with Gasteiger partial charge in [0.25, 0.3) is 0 Å². The number of β-amino-alcohol motifs (C(OH)–C–C–N with tert-alkyl or cyclic N) is 1. The van der Waals surface area contributed by atoms with Crippen molar-refractivity contribution in [3.05, 3.63) is 23.8 Å². The molecule has 88 valence electrons. The number of aliphatic hydroxyl groups is 1. The molecule has 0 unspecified atom stereocenters. The van der Waals surface area contributed by atoms with Crippen molar-refractivity contribution in [2.24, 2.45) is 0 Å². The van der Waals surface area contributed by atoms with Crippen LogP contribution >= 0.6 is 0 Å². The van der Waals surface area contributed by atoms with E-state index in [1.54, 1.807) is 0 Å². The zero-order chi connectivity index (χ0) is 11.4. The number of likely N-dealkylation sites (tertiary alicyclic amines) is 1. The van der Waals surface area contributed by atoms with Crippen LogP contribution in [0.25, 0.3) is 0 Å². The predicted molar refractivity (Wildman–Crippen MR) is 62.3 cm³/mol. The lowest BCUT2D eigenvalue weighted by molar-refractivity contribution is 0.160. The summed E-state index contributed by atoms with van der Waals surface area (Å²) in [5, 5.41) is 8.95. The highest BCUT2D eigenvalue weighted by molar-refractivity contribution is 5.09. The largest absolute Gasteiger partial charge is 0.395 e. The van der Waals surface area contributed by atoms with Gasteiger partial charge in [0.1, 0.15) is 5.82 Å². The average Bonchev–Trinajstić information content (AvgIpc) is 2.30. The highest BCUT2D eigenvalue weighted by atomic mass is 16.3. The summed E-state index contributed by atoms with van der Waals surface area (Å²) in [4.78, 5) is 10.9. The van der Waals surface area contributed by atoms with Gasteiger partial charge in [-0.25, -0.2) is 9.97 Å². The minimum atomic E-state index is 0.246. The predicted octanol–water partition coefficient (Wildman–Crippen LogP) is 0.957. The highest BCUT2D eigenvalue weighted by Gasteiger charge is 2.21. The Balaban J connectivity index is 2.03. The maximum Gasteiger partial charge on any atom is 0.125 e. The molecule has 0 amide bonds. The van der Waals surface area contributed by atoms with E-state index >= 15 is 0 Å². The van der Waals surface area contributed by atoms with E-state index in [4.69, 9.17) is 5.11 Å². The van der Waals surface area contributed by atoms with Gasteiger partial charge in [0, 0.05) is 30.9 Å². The SMILES string of the molecule is Cc1nccc([C@@H]2CCCN(CCO)C2)n1. The lowest BCUT2D eigenvalue weighted by Crippen LogP contribution is -2.36. The molecule has 1 aliphatic rings. The number of aliphatic hydroxyl groups excluding tert-OH is 1. The van der Waals surface area contributed by atoms with Crippen molar-refractivity contribution in [3.63, 3.8) is 0 Å². The quantitative estimate of drug-likeness (QED) is 0.826. The summed E-state index contributed by atoms with van der Waals surface area (Å²) in [6.45, 7) is 5.06. The lowest BCUT2D eigenvalue weighted by atomic mass is 9.94. The lowest BCUT2D eigenvalue weighted by Gasteiger charge is -2.31. The number of nitrogens with zero attached hydrogens (tertiary/aromatic N) is 3. The Hall–Kier alpha value is -1.00. The fraction of sp³-hybridized carbons (Fsp3) is 0.667. The zero-order valence-corrected chi connectivity index (χ0v) is 9.76. The van der Waals surface area contributed by atoms with Crippen molar-refractivity contribution in [2.45, 2.75) is 25.7 Å². The third-order valence-electron chi connectivity index (χ3n) is 3.14. The van der Waals surface area contributed by atoms with Crippen LogP contribution in [0.1, 0.15) is 30.3 Å². The van der Waals surface area contributed by atoms with E-state index in [0.717, 1.165) is 31.2 Å². The molecule has 1 aliphatic heterocycles. The summed E-state index contributed by atoms with van der Waals surface area (Å²) < 4.78 is 0. The normalized spacial score (nSPS) is 22.2. The topological polar surface area (TPSA) is 49.2 Å². The molecule has 0 radical (unpaired) electrons. The number of piperidine rings is 1. The number of hydrogen-bond donors (Lipinski definition) is 1. The Morgan fingerprint density at radius 1 is 1.56 bits per heavy atom. The molecule has 0 aromatic carbocycles. The minimum absolute atomic E-state index is 0.246. The van der Waals surface area contributed by atoms with E-state index in [1.165, 1.54) is 12.8 Å². The summed E-state index contributed by atoms with van der Waals surface area (Å²) in [5.41, 5.74) is 1.15. The minimum Gasteiger partial charge on any atom is -0.395 e. The fourth-order valence-corrected chi connectivity index (χ4v) is 2.34. The molecule has 0 saturated carbocycles. The Kier molecular flexibility index (Phi) is 3.85. The van der Waals surface area contributed by atoms with Crippen LogP contribution in [0.3, 0.4) is 0 Å². The van der Waals surface area contributed by atoms with Gasteiger partial charge in [-0.1, -0.05) is 0 Å². The van der Waals surface area contributed by atoms with Crippen LogP contribution in [0.5, 0.6) is 0 Å². The van der Waals surface area contributed by atoms with Crippen LogP contribution in [-0.2, 0) is 0 Å². The Morgan fingerprint density at radius 2 is 2.44 bits per heavy atom. The second-order valence-electron chi connectivity index (χ2n) is 4.39. The van der Waals surface area contributed by atoms with Gasteiger partial charge < -0.3 is 10.0 Å². The Labute approximate surface area is 96.3 Å². The van der Waals surface area contributed by atoms with E-state index in [0.29, 0.717) is 5.92 Å². The molecule has 4 heteroatoms. The molecule has 1 atom stereocenters. The number of aryl methyl sites for hydroxylation is 1. The van der Waals surface area contributed by atoms with Crippen molar-refractivity contribution in [1.29, 1.82) is 0 Å². The average molecular weight is 221 g/mol. The van der Waals surface area contributed by atoms with Crippen LogP contribution in [0.4, 0.5) is 0 Å². The molecule has 2 heterocycles. The maximum atomic E-state index is 8.95. The van der Waals surface area contributed by atoms with Gasteiger partial charge in [-0.05, 0) is 32.4 Å². The second-order valence-corrected chi connectivity index (χ2v) is 4.39. The first kappa shape index (κ1) is 11.5. The molecule has 0 bridgehead atoms. The summed E-state index contributed by atoms with van der Waals surface area (Å²) in [6.07, 6.45) is 4.22. The van der Waals surface area contributed by atoms with E-state index in [-0.39, 0.29) is 6.61 Å². The van der Waals surface area contributed by atoms with Crippen LogP contribution < -0.4 is 0 Å². The molecule has 1 N–H and O–H groups in total. The molecular formula is C12H19N3O. The first-order valence-corrected chi connectivity index (χ1v) is 5.92. The molecule has 2 rings (SSSR count). The van der Waals surface area contributed by atoms with Crippen molar-refractivity contribution in [1.82, 2.24) is 14.9 Å². The second kappa shape index (κ2) is 5.37. The number of hydrogen-bond acceptors (Lipinski definition) is 4. The Bertz CT molecular complexity index is 341. The smallest absolute Gasteiger partial charge is 0.125 e. The molecule has 0 spiro atoms. The Morgan fingerprint density at radius 3 is 3.19 bits per heavy atom. The van der Waals surface area contributed by atoms with E-state index in [9.17, 15) is 0 Å². The van der Waals surface area contributed by atoms with Crippen LogP contribution in [0.2, 0.25) is 0 Å². The molecular weight excluding hydrogens is 202 g/mol. The van der Waals surface area contributed by atoms with Crippen molar-refractivity contribution in [3.8, 4) is 0 Å². The highest BCUT2D eigenvalue weighted by Crippen LogP contribution is 2.24. The molecule has 1 aromatic heterocycles. The van der Waals surface area contributed by atoms with Gasteiger partial charge in [-0.2, -0.15) is 0 Å². The summed E-state index contributed by atoms with van der Waals surface area (Å²) in [5.74, 6) is 1.35. The standard InChI is InChI=1S/C12H19N3O/c1-10-13-5-4-12(14-10)11-3-2-6-15(9-11)7-8-16/h4-5,11,16H,2-3,6-9H2,1H3/t11-/m1/s1. The third-order valence-corrected chi connectivity index (χ3v) is 3.14. The van der Waals surface area contributed by atoms with Gasteiger partial charge in [0.05, 0.1) is 6.61 Å². The van der Waals surface area contributed by atoms with Gasteiger partial charge in [0.15, 0.2) is 0 Å². The fourth-order valence-electron chi connectivity index (χ4n) is 2.34. The van der Waals surface area contributed by atoms with E-state index in [1.807, 2.05) is 19.2 Å². The summed E-state index contributed by atoms with van der Waals surface area (Å²) in [7, 11) is 0. The van der Waals surface area contributed by atoms with E-state index in [2.05, 4.69) is 14.9 Å². The number of aromatic nitrogens is 2. The van der Waals surface area contributed by atoms with Gasteiger partial charge in [-0.15, -0.1) is 0 Å². The molecule has 4 nitrogen and oxygen atoms in total. The van der Waals surface area contributed by atoms with Crippen LogP contribution in [-0.4, -0.2) is 46.2 Å². The molecule has 16 heavy (non-hydrogen) atoms. The van der Waals surface area contributed by atoms with E-state index < -0.39 is 0 Å². The summed E-state index contributed by atoms with van der Waals surface area (Å²) >= 11 is 0. The molecule has 1 fully saturated rings. The third kappa shape index (κ3) is 2.77. The van der Waals surface area contributed by atoms with Crippen molar-refractivity contribution >= 4 is 0 Å². The molecule has 1 saturated heterocycles. The van der Waals surface area contributed by atoms with Crippen LogP contribution in [0.15, 0.2) is 12.3 Å². The van der Waals surface area contributed by atoms with Crippen LogP contribution in [0, 0.1) is 6.92 Å². The summed E-state index contributed by atoms with van der Waals surface area (Å²) in [6, 6.07) is 2.01. The molecule has 0 aliphatic carbocycles. The van der Waals surface area contributed by atoms with Gasteiger partial charge in [-0.3, -0.25) is 0 Å². The zero-order valence-electron chi connectivity index (χ0n) is 9.76. The van der Waals surface area contributed by atoms with Gasteiger partial charge >= 0.3 is 0 Å². The maximum absolute atomic E-state index is 8.95. The molecule has 1 aromatic rings. The monoisotopic (exact) mass is 221 g/mol. The van der Waals surface area contributed by atoms with Crippen molar-refractivity contribution < 1.29 is 5.11 Å². The van der Waals surface area contributed by atoms with Crippen molar-refractivity contribution in [2.75, 3.05) is 26.2 Å². The van der Waals surface area contributed by atoms with Gasteiger partial charge in [0.2, 0.25) is 0 Å². The number of rotatable bonds is 3. The first-order valence-electron chi connectivity index (χ1n) is 5.92. The first-order chi connectivity index (χ1) is 7.79.